The van der Waals surface area contributed by atoms with Crippen molar-refractivity contribution in [3.63, 3.8) is 0 Å². The Morgan fingerprint density at radius 3 is 2.62 bits per heavy atom. The van der Waals surface area contributed by atoms with E-state index >= 15 is 0 Å². The minimum absolute atomic E-state index is 0.288. The van der Waals surface area contributed by atoms with Crippen molar-refractivity contribution in [1.29, 1.82) is 0 Å². The van der Waals surface area contributed by atoms with Gasteiger partial charge in [-0.2, -0.15) is 0 Å². The molecular weight excluding hydrogens is 309 g/mol. The number of benzene rings is 2. The summed E-state index contributed by atoms with van der Waals surface area (Å²) in [5.41, 5.74) is 7.77. The van der Waals surface area contributed by atoms with Crippen molar-refractivity contribution in [2.75, 3.05) is 20.3 Å². The second-order valence-corrected chi connectivity index (χ2v) is 5.28. The molecule has 5 nitrogen and oxygen atoms in total. The summed E-state index contributed by atoms with van der Waals surface area (Å²) in [6.45, 7) is 3.62. The topological polar surface area (TPSA) is 68.9 Å². The molecule has 0 amide bonds. The van der Waals surface area contributed by atoms with Gasteiger partial charge in [0.2, 0.25) is 0 Å². The molecule has 2 aromatic rings. The van der Waals surface area contributed by atoms with Crippen molar-refractivity contribution in [2.45, 2.75) is 13.5 Å². The van der Waals surface area contributed by atoms with Crippen molar-refractivity contribution >= 4 is 5.96 Å². The average Bonchev–Trinajstić information content (AvgIpc) is 2.57. The van der Waals surface area contributed by atoms with Crippen LogP contribution in [0, 0.1) is 12.7 Å². The van der Waals surface area contributed by atoms with E-state index in [9.17, 15) is 4.39 Å². The van der Waals surface area contributed by atoms with Gasteiger partial charge in [0.1, 0.15) is 17.3 Å². The quantitative estimate of drug-likeness (QED) is 0.465. The van der Waals surface area contributed by atoms with Crippen LogP contribution >= 0.6 is 0 Å². The highest BCUT2D eigenvalue weighted by Crippen LogP contribution is 2.26. The van der Waals surface area contributed by atoms with Crippen LogP contribution in [0.5, 0.6) is 11.5 Å². The molecular formula is C18H22FN3O2. The number of aliphatic imine (C=N–C) groups is 1. The molecule has 24 heavy (non-hydrogen) atoms. The normalized spacial score (nSPS) is 11.4. The van der Waals surface area contributed by atoms with Gasteiger partial charge in [-0.25, -0.2) is 9.38 Å². The third kappa shape index (κ3) is 5.55. The molecule has 0 bridgehead atoms. The van der Waals surface area contributed by atoms with Crippen LogP contribution in [0.1, 0.15) is 11.1 Å². The van der Waals surface area contributed by atoms with Crippen LogP contribution in [0.4, 0.5) is 4.39 Å². The van der Waals surface area contributed by atoms with E-state index < -0.39 is 0 Å². The zero-order valence-corrected chi connectivity index (χ0v) is 13.9. The predicted octanol–water partition coefficient (Wildman–Crippen LogP) is 2.98. The largest absolute Gasteiger partial charge is 0.457 e. The van der Waals surface area contributed by atoms with Crippen LogP contribution in [0.3, 0.4) is 0 Å². The van der Waals surface area contributed by atoms with Gasteiger partial charge in [-0.3, -0.25) is 0 Å². The van der Waals surface area contributed by atoms with E-state index in [1.54, 1.807) is 19.2 Å². The van der Waals surface area contributed by atoms with Crippen LogP contribution in [0.25, 0.3) is 0 Å². The monoisotopic (exact) mass is 331 g/mol. The summed E-state index contributed by atoms with van der Waals surface area (Å²) < 4.78 is 23.6. The Hall–Kier alpha value is -2.60. The fourth-order valence-electron chi connectivity index (χ4n) is 2.07. The minimum atomic E-state index is -0.288. The summed E-state index contributed by atoms with van der Waals surface area (Å²) in [5.74, 6) is 1.41. The van der Waals surface area contributed by atoms with Gasteiger partial charge in [0.15, 0.2) is 5.96 Å². The molecule has 0 aliphatic heterocycles. The van der Waals surface area contributed by atoms with E-state index in [4.69, 9.17) is 15.2 Å². The van der Waals surface area contributed by atoms with Gasteiger partial charge in [0.05, 0.1) is 13.2 Å². The summed E-state index contributed by atoms with van der Waals surface area (Å²) in [7, 11) is 1.63. The van der Waals surface area contributed by atoms with Crippen molar-refractivity contribution in [3.8, 4) is 11.5 Å². The Bertz CT molecular complexity index is 687. The summed E-state index contributed by atoms with van der Waals surface area (Å²) in [4.78, 5) is 4.28. The van der Waals surface area contributed by atoms with Crippen molar-refractivity contribution in [1.82, 2.24) is 5.32 Å². The van der Waals surface area contributed by atoms with E-state index in [1.807, 2.05) is 25.1 Å². The van der Waals surface area contributed by atoms with Gasteiger partial charge in [0.25, 0.3) is 0 Å². The zero-order valence-electron chi connectivity index (χ0n) is 13.9. The average molecular weight is 331 g/mol. The highest BCUT2D eigenvalue weighted by Gasteiger charge is 2.03. The predicted molar refractivity (Wildman–Crippen MR) is 92.9 cm³/mol. The molecule has 0 fully saturated rings. The van der Waals surface area contributed by atoms with Gasteiger partial charge >= 0.3 is 0 Å². The number of rotatable bonds is 7. The molecule has 0 aliphatic rings. The second-order valence-electron chi connectivity index (χ2n) is 5.28. The van der Waals surface area contributed by atoms with Gasteiger partial charge in [-0.05, 0) is 48.4 Å². The lowest BCUT2D eigenvalue weighted by molar-refractivity contribution is 0.204. The molecule has 0 heterocycles. The molecule has 0 aliphatic carbocycles. The lowest BCUT2D eigenvalue weighted by Crippen LogP contribution is -2.34. The van der Waals surface area contributed by atoms with Crippen molar-refractivity contribution < 1.29 is 13.9 Å². The molecule has 0 aromatic heterocycles. The summed E-state index contributed by atoms with van der Waals surface area (Å²) >= 11 is 0. The number of halogens is 1. The Kier molecular flexibility index (Phi) is 6.57. The van der Waals surface area contributed by atoms with E-state index in [0.717, 1.165) is 16.9 Å². The third-order valence-corrected chi connectivity index (χ3v) is 3.33. The smallest absolute Gasteiger partial charge is 0.188 e. The first-order valence-corrected chi connectivity index (χ1v) is 7.64. The number of hydrogen-bond donors (Lipinski definition) is 2. The maximum Gasteiger partial charge on any atom is 0.188 e. The number of guanidine groups is 1. The lowest BCUT2D eigenvalue weighted by Gasteiger charge is -2.10. The molecule has 128 valence electrons. The molecule has 0 spiro atoms. The van der Waals surface area contributed by atoms with E-state index in [1.165, 1.54) is 12.1 Å². The number of nitrogens with one attached hydrogen (secondary N) is 1. The summed E-state index contributed by atoms with van der Waals surface area (Å²) in [6.07, 6.45) is 0. The highest BCUT2D eigenvalue weighted by molar-refractivity contribution is 5.77. The molecule has 0 unspecified atom stereocenters. The lowest BCUT2D eigenvalue weighted by atomic mass is 10.1. The minimum Gasteiger partial charge on any atom is -0.457 e. The van der Waals surface area contributed by atoms with Crippen LogP contribution < -0.4 is 15.8 Å². The molecule has 2 rings (SSSR count). The molecule has 0 atom stereocenters. The second kappa shape index (κ2) is 8.88. The third-order valence-electron chi connectivity index (χ3n) is 3.33. The maximum atomic E-state index is 12.9. The first-order chi connectivity index (χ1) is 11.6. The Balaban J connectivity index is 1.96. The van der Waals surface area contributed by atoms with Crippen LogP contribution in [-0.2, 0) is 11.3 Å². The van der Waals surface area contributed by atoms with Crippen molar-refractivity contribution in [3.05, 3.63) is 59.4 Å². The molecule has 6 heteroatoms. The fourth-order valence-corrected chi connectivity index (χ4v) is 2.07. The Morgan fingerprint density at radius 1 is 1.21 bits per heavy atom. The number of ether oxygens (including phenoxy) is 2. The SMILES string of the molecule is COCCNC(N)=NCc1ccc(Oc2ccc(F)cc2)c(C)c1. The number of hydrogen-bond acceptors (Lipinski definition) is 3. The fraction of sp³-hybridized carbons (Fsp3) is 0.278. The summed E-state index contributed by atoms with van der Waals surface area (Å²) in [5, 5.41) is 2.96. The standard InChI is InChI=1S/C18H22FN3O2/c1-13-11-14(12-22-18(20)21-9-10-23-2)3-8-17(13)24-16-6-4-15(19)5-7-16/h3-8,11H,9-10,12H2,1-2H3,(H3,20,21,22). The van der Waals surface area contributed by atoms with Crippen LogP contribution in [0.2, 0.25) is 0 Å². The molecule has 3 N–H and O–H groups in total. The number of aryl methyl sites for hydroxylation is 1. The van der Waals surface area contributed by atoms with Crippen LogP contribution in [0.15, 0.2) is 47.5 Å². The van der Waals surface area contributed by atoms with Gasteiger partial charge < -0.3 is 20.5 Å². The number of nitrogens with zero attached hydrogens (tertiary/aromatic N) is 1. The zero-order chi connectivity index (χ0) is 17.4. The molecule has 0 saturated carbocycles. The molecule has 0 saturated heterocycles. The van der Waals surface area contributed by atoms with E-state index in [2.05, 4.69) is 10.3 Å². The summed E-state index contributed by atoms with van der Waals surface area (Å²) in [6, 6.07) is 11.7. The van der Waals surface area contributed by atoms with Gasteiger partial charge in [0, 0.05) is 13.7 Å². The van der Waals surface area contributed by atoms with E-state index in [-0.39, 0.29) is 5.82 Å². The van der Waals surface area contributed by atoms with E-state index in [0.29, 0.717) is 31.4 Å². The van der Waals surface area contributed by atoms with Gasteiger partial charge in [-0.1, -0.05) is 12.1 Å². The maximum absolute atomic E-state index is 12.9. The highest BCUT2D eigenvalue weighted by atomic mass is 19.1. The number of methoxy groups -OCH3 is 1. The van der Waals surface area contributed by atoms with Gasteiger partial charge in [-0.15, -0.1) is 0 Å². The van der Waals surface area contributed by atoms with Crippen molar-refractivity contribution in [2.24, 2.45) is 10.7 Å². The Morgan fingerprint density at radius 2 is 1.96 bits per heavy atom. The van der Waals surface area contributed by atoms with Crippen LogP contribution in [-0.4, -0.2) is 26.2 Å². The number of nitrogens with two attached hydrogens (primary N) is 1. The Labute approximate surface area is 141 Å². The first-order valence-electron chi connectivity index (χ1n) is 7.64. The molecule has 2 aromatic carbocycles. The first kappa shape index (κ1) is 17.7. The molecule has 0 radical (unpaired) electrons.